The van der Waals surface area contributed by atoms with Crippen LogP contribution in [0, 0.1) is 0 Å². The summed E-state index contributed by atoms with van der Waals surface area (Å²) in [5.41, 5.74) is 0.647. The van der Waals surface area contributed by atoms with E-state index in [1.54, 1.807) is 54.6 Å². The molecule has 1 saturated heterocycles. The van der Waals surface area contributed by atoms with E-state index in [1.807, 2.05) is 0 Å². The van der Waals surface area contributed by atoms with Gasteiger partial charge >= 0.3 is 0 Å². The van der Waals surface area contributed by atoms with Crippen LogP contribution in [0.4, 0.5) is 0 Å². The summed E-state index contributed by atoms with van der Waals surface area (Å²) in [5, 5.41) is 21.8. The van der Waals surface area contributed by atoms with Crippen molar-refractivity contribution >= 4 is 23.4 Å². The molecule has 2 aromatic rings. The maximum atomic E-state index is 12.6. The van der Waals surface area contributed by atoms with E-state index >= 15 is 0 Å². The molecule has 2 aromatic carbocycles. The minimum Gasteiger partial charge on any atom is -0.548 e. The summed E-state index contributed by atoms with van der Waals surface area (Å²) in [6.07, 6.45) is 0. The minimum atomic E-state index is -1.50. The molecule has 1 atom stereocenters. The quantitative estimate of drug-likeness (QED) is 0.478. The highest BCUT2D eigenvalue weighted by Crippen LogP contribution is 2.39. The summed E-state index contributed by atoms with van der Waals surface area (Å²) in [4.78, 5) is 37.0. The Hall–Kier alpha value is -3.61. The minimum absolute atomic E-state index is 0.169. The number of carboxylic acid groups (broad SMARTS) is 1. The van der Waals surface area contributed by atoms with Gasteiger partial charge in [0.25, 0.3) is 11.7 Å². The number of benzene rings is 2. The summed E-state index contributed by atoms with van der Waals surface area (Å²) in [6.45, 7) is -0.771. The number of aliphatic carboxylic acids is 1. The number of amides is 1. The number of carbonyl (C=O) groups excluding carboxylic acids is 3. The van der Waals surface area contributed by atoms with Crippen molar-refractivity contribution in [3.63, 3.8) is 0 Å². The predicted molar refractivity (Wildman–Crippen MR) is 93.5 cm³/mol. The van der Waals surface area contributed by atoms with E-state index in [1.165, 1.54) is 7.11 Å². The molecular weight excluding hydrogens is 350 g/mol. The van der Waals surface area contributed by atoms with Crippen molar-refractivity contribution in [2.24, 2.45) is 0 Å². The molecule has 0 bridgehead atoms. The third kappa shape index (κ3) is 3.39. The lowest BCUT2D eigenvalue weighted by molar-refractivity contribution is -0.306. The largest absolute Gasteiger partial charge is 0.548 e. The van der Waals surface area contributed by atoms with Crippen molar-refractivity contribution < 1.29 is 29.3 Å². The second-order valence-electron chi connectivity index (χ2n) is 5.94. The SMILES string of the molecule is COc1ccc([C@H]2C(=C(O)c3ccccc3)C(=O)C(=O)N2CC(=O)[O-])cc1. The van der Waals surface area contributed by atoms with Crippen LogP contribution in [-0.2, 0) is 14.4 Å². The Bertz CT molecular complexity index is 917. The highest BCUT2D eigenvalue weighted by molar-refractivity contribution is 6.46. The third-order valence-electron chi connectivity index (χ3n) is 4.32. The second kappa shape index (κ2) is 7.33. The normalized spacial score (nSPS) is 18.6. The first-order chi connectivity index (χ1) is 12.9. The monoisotopic (exact) mass is 366 g/mol. The van der Waals surface area contributed by atoms with E-state index in [-0.39, 0.29) is 11.3 Å². The number of ether oxygens (including phenoxy) is 1. The fourth-order valence-corrected chi connectivity index (χ4v) is 3.07. The van der Waals surface area contributed by atoms with Crippen LogP contribution in [0.25, 0.3) is 5.76 Å². The van der Waals surface area contributed by atoms with E-state index in [4.69, 9.17) is 4.74 Å². The fourth-order valence-electron chi connectivity index (χ4n) is 3.07. The molecule has 7 nitrogen and oxygen atoms in total. The lowest BCUT2D eigenvalue weighted by atomic mass is 9.95. The Labute approximate surface area is 155 Å². The molecule has 3 rings (SSSR count). The molecule has 1 aliphatic heterocycles. The molecule has 0 aliphatic carbocycles. The summed E-state index contributed by atoms with van der Waals surface area (Å²) < 4.78 is 5.10. The number of carbonyl (C=O) groups is 3. The van der Waals surface area contributed by atoms with Crippen molar-refractivity contribution in [2.75, 3.05) is 13.7 Å². The van der Waals surface area contributed by atoms with Gasteiger partial charge in [0.1, 0.15) is 11.5 Å². The first-order valence-corrected chi connectivity index (χ1v) is 8.11. The van der Waals surface area contributed by atoms with Crippen LogP contribution >= 0.6 is 0 Å². The van der Waals surface area contributed by atoms with Gasteiger partial charge in [0.2, 0.25) is 0 Å². The van der Waals surface area contributed by atoms with Gasteiger partial charge in [-0.1, -0.05) is 42.5 Å². The zero-order chi connectivity index (χ0) is 19.6. The molecule has 138 valence electrons. The van der Waals surface area contributed by atoms with Crippen LogP contribution in [0.2, 0.25) is 0 Å². The van der Waals surface area contributed by atoms with Crippen molar-refractivity contribution in [1.29, 1.82) is 0 Å². The maximum Gasteiger partial charge on any atom is 0.295 e. The molecule has 1 fully saturated rings. The molecule has 0 spiro atoms. The number of ketones is 1. The highest BCUT2D eigenvalue weighted by atomic mass is 16.5. The smallest absolute Gasteiger partial charge is 0.295 e. The standard InChI is InChI=1S/C20H17NO6/c1-27-14-9-7-12(8-10-14)17-16(18(24)13-5-3-2-4-6-13)19(25)20(26)21(17)11-15(22)23/h2-10,17,24H,11H2,1H3,(H,22,23)/p-1/t17-/m0/s1. The average Bonchev–Trinajstić information content (AvgIpc) is 2.92. The number of methoxy groups -OCH3 is 1. The van der Waals surface area contributed by atoms with Gasteiger partial charge in [-0.2, -0.15) is 0 Å². The number of nitrogens with zero attached hydrogens (tertiary/aromatic N) is 1. The molecule has 0 radical (unpaired) electrons. The van der Waals surface area contributed by atoms with Crippen molar-refractivity contribution in [1.82, 2.24) is 4.90 Å². The highest BCUT2D eigenvalue weighted by Gasteiger charge is 2.46. The summed E-state index contributed by atoms with van der Waals surface area (Å²) in [7, 11) is 1.49. The van der Waals surface area contributed by atoms with Gasteiger partial charge in [0.05, 0.1) is 31.2 Å². The second-order valence-corrected chi connectivity index (χ2v) is 5.94. The molecule has 1 heterocycles. The van der Waals surface area contributed by atoms with Gasteiger partial charge in [-0.25, -0.2) is 0 Å². The van der Waals surface area contributed by atoms with Crippen molar-refractivity contribution in [3.8, 4) is 5.75 Å². The molecule has 0 saturated carbocycles. The number of hydrogen-bond acceptors (Lipinski definition) is 6. The molecule has 0 unspecified atom stereocenters. The Balaban J connectivity index is 2.17. The van der Waals surface area contributed by atoms with E-state index in [2.05, 4.69) is 0 Å². The molecule has 1 amide bonds. The van der Waals surface area contributed by atoms with E-state index < -0.39 is 30.2 Å². The Morgan fingerprint density at radius 1 is 1.11 bits per heavy atom. The molecule has 7 heteroatoms. The van der Waals surface area contributed by atoms with E-state index in [0.717, 1.165) is 4.90 Å². The zero-order valence-electron chi connectivity index (χ0n) is 14.4. The van der Waals surface area contributed by atoms with E-state index in [9.17, 15) is 24.6 Å². The number of Topliss-reactive ketones (excluding diaryl/α,β-unsaturated/α-hetero) is 1. The maximum absolute atomic E-state index is 12.6. The number of aliphatic hydroxyl groups excluding tert-OH is 1. The fraction of sp³-hybridized carbons (Fsp3) is 0.150. The molecule has 1 N–H and O–H groups in total. The van der Waals surface area contributed by atoms with Crippen molar-refractivity contribution in [2.45, 2.75) is 6.04 Å². The van der Waals surface area contributed by atoms with Crippen LogP contribution in [0.5, 0.6) is 5.75 Å². The first kappa shape index (κ1) is 18.2. The number of hydrogen-bond donors (Lipinski definition) is 1. The number of rotatable bonds is 5. The number of carboxylic acids is 1. The topological polar surface area (TPSA) is 107 Å². The van der Waals surface area contributed by atoms with Crippen LogP contribution in [0.1, 0.15) is 17.2 Å². The molecule has 1 aliphatic rings. The van der Waals surface area contributed by atoms with Crippen LogP contribution in [0.15, 0.2) is 60.2 Å². The van der Waals surface area contributed by atoms with E-state index in [0.29, 0.717) is 16.9 Å². The Morgan fingerprint density at radius 3 is 2.30 bits per heavy atom. The zero-order valence-corrected chi connectivity index (χ0v) is 14.4. The van der Waals surface area contributed by atoms with Crippen LogP contribution in [0.3, 0.4) is 0 Å². The van der Waals surface area contributed by atoms with Crippen molar-refractivity contribution in [3.05, 3.63) is 71.3 Å². The third-order valence-corrected chi connectivity index (χ3v) is 4.32. The van der Waals surface area contributed by atoms with Gasteiger partial charge in [-0.05, 0) is 17.7 Å². The predicted octanol–water partition coefficient (Wildman–Crippen LogP) is 0.867. The molecule has 0 aromatic heterocycles. The molecular formula is C20H16NO6-. The Morgan fingerprint density at radius 2 is 1.74 bits per heavy atom. The van der Waals surface area contributed by atoms with Gasteiger partial charge in [0, 0.05) is 5.56 Å². The summed E-state index contributed by atoms with van der Waals surface area (Å²) >= 11 is 0. The average molecular weight is 366 g/mol. The van der Waals surface area contributed by atoms with Gasteiger partial charge in [0.15, 0.2) is 0 Å². The first-order valence-electron chi connectivity index (χ1n) is 8.11. The number of likely N-dealkylation sites (tertiary alicyclic amines) is 1. The summed E-state index contributed by atoms with van der Waals surface area (Å²) in [5.74, 6) is -3.26. The number of aliphatic hydroxyl groups is 1. The lowest BCUT2D eigenvalue weighted by Crippen LogP contribution is -2.40. The Kier molecular flexibility index (Phi) is 4.94. The summed E-state index contributed by atoms with van der Waals surface area (Å²) in [6, 6.07) is 13.7. The van der Waals surface area contributed by atoms with Gasteiger partial charge < -0.3 is 24.6 Å². The lowest BCUT2D eigenvalue weighted by Gasteiger charge is -2.25. The van der Waals surface area contributed by atoms with Gasteiger partial charge in [-0.3, -0.25) is 9.59 Å². The van der Waals surface area contributed by atoms with Crippen LogP contribution in [-0.4, -0.2) is 41.3 Å². The van der Waals surface area contributed by atoms with Crippen LogP contribution < -0.4 is 9.84 Å². The molecule has 27 heavy (non-hydrogen) atoms. The van der Waals surface area contributed by atoms with Gasteiger partial charge in [-0.15, -0.1) is 0 Å².